The van der Waals surface area contributed by atoms with E-state index in [9.17, 15) is 0 Å². The Morgan fingerprint density at radius 2 is 0.887 bits per heavy atom. The molecule has 71 heavy (non-hydrogen) atoms. The minimum atomic E-state index is -0.471. The molecule has 1 spiro atoms. The molecule has 0 saturated carbocycles. The highest BCUT2D eigenvalue weighted by atomic mass is 16.5. The van der Waals surface area contributed by atoms with E-state index in [1.54, 1.807) is 0 Å². The van der Waals surface area contributed by atoms with E-state index < -0.39 is 5.41 Å². The fourth-order valence-electron chi connectivity index (χ4n) is 14.0. The van der Waals surface area contributed by atoms with Crippen LogP contribution in [0.4, 0.5) is 0 Å². The van der Waals surface area contributed by atoms with Gasteiger partial charge in [-0.3, -0.25) is 0 Å². The van der Waals surface area contributed by atoms with Crippen molar-refractivity contribution in [1.29, 1.82) is 0 Å². The number of benzene rings is 11. The summed E-state index contributed by atoms with van der Waals surface area (Å²) >= 11 is 0. The molecule has 0 N–H and O–H groups in total. The summed E-state index contributed by atoms with van der Waals surface area (Å²) in [7, 11) is 0. The number of hydrogen-bond donors (Lipinski definition) is 0. The summed E-state index contributed by atoms with van der Waals surface area (Å²) < 4.78 is 12.5. The van der Waals surface area contributed by atoms with Gasteiger partial charge in [0.05, 0.1) is 33.2 Å². The molecule has 0 atom stereocenters. The number of para-hydroxylation sites is 3. The smallest absolute Gasteiger partial charge is 0.256 e. The predicted octanol–water partition coefficient (Wildman–Crippen LogP) is 14.5. The molecule has 0 radical (unpaired) electrons. The van der Waals surface area contributed by atoms with Crippen LogP contribution < -0.4 is 21.1 Å². The molecule has 3 nitrogen and oxygen atoms in total. The van der Waals surface area contributed by atoms with Crippen molar-refractivity contribution >= 4 is 66.7 Å². The van der Waals surface area contributed by atoms with Gasteiger partial charge in [0.2, 0.25) is 0 Å². The molecule has 4 aliphatic rings. The van der Waals surface area contributed by atoms with Gasteiger partial charge in [0.25, 0.3) is 6.71 Å². The van der Waals surface area contributed by atoms with Gasteiger partial charge in [0.15, 0.2) is 0 Å². The zero-order chi connectivity index (χ0) is 46.1. The summed E-state index contributed by atoms with van der Waals surface area (Å²) in [5.74, 6) is 1.84. The van der Waals surface area contributed by atoms with Crippen molar-refractivity contribution in [2.75, 3.05) is 0 Å². The van der Waals surface area contributed by atoms with Crippen LogP contribution in [0, 0.1) is 0 Å². The van der Waals surface area contributed by atoms with Crippen molar-refractivity contribution in [3.8, 4) is 67.4 Å². The van der Waals surface area contributed by atoms with Crippen molar-refractivity contribution in [3.63, 3.8) is 0 Å². The van der Waals surface area contributed by atoms with Crippen LogP contribution in [0.5, 0.6) is 11.5 Å². The van der Waals surface area contributed by atoms with Gasteiger partial charge in [0.1, 0.15) is 11.5 Å². The topological polar surface area (TPSA) is 19.1 Å². The summed E-state index contributed by atoms with van der Waals surface area (Å²) in [5.41, 5.74) is 25.6. The first-order valence-corrected chi connectivity index (χ1v) is 24.8. The molecule has 4 heterocycles. The molecule has 0 unspecified atom stereocenters. The predicted molar refractivity (Wildman–Crippen MR) is 293 cm³/mol. The standard InChI is InChI=1S/C67H39BN2O/c1-3-19-40(20-4-1)42-28-17-29-43(41-21-5-2-6-22-41)64(42)70-57-33-15-10-26-47(57)50-38-56-66-62(65(50)70)48-27-11-16-34-58(48)69(66)59-35-18-36-60-63(59)68(56)55-37-49-46-25-9-14-32-53(46)67(54(49)39-61(55)71-60)51-30-12-7-23-44(51)45-24-8-13-31-52(45)67/h1-39H. The summed E-state index contributed by atoms with van der Waals surface area (Å²) in [5, 5.41) is 4.97. The van der Waals surface area contributed by atoms with Gasteiger partial charge in [-0.25, -0.2) is 0 Å². The number of rotatable bonds is 3. The second kappa shape index (κ2) is 13.6. The van der Waals surface area contributed by atoms with E-state index in [1.807, 2.05) is 0 Å². The Morgan fingerprint density at radius 3 is 1.55 bits per heavy atom. The maximum atomic E-state index is 7.34. The van der Waals surface area contributed by atoms with Crippen LogP contribution in [0.2, 0.25) is 0 Å². The molecule has 0 bridgehead atoms. The highest BCUT2D eigenvalue weighted by molar-refractivity contribution is 6.99. The van der Waals surface area contributed by atoms with Gasteiger partial charge >= 0.3 is 0 Å². The lowest BCUT2D eigenvalue weighted by molar-refractivity contribution is 0.486. The van der Waals surface area contributed by atoms with Crippen LogP contribution >= 0.6 is 0 Å². The molecular formula is C67H39BN2O. The second-order valence-electron chi connectivity index (χ2n) is 19.8. The van der Waals surface area contributed by atoms with Crippen LogP contribution in [0.25, 0.3) is 99.5 Å². The number of ether oxygens (including phenoxy) is 1. The summed E-state index contributed by atoms with van der Waals surface area (Å²) in [6.45, 7) is -0.0931. The maximum absolute atomic E-state index is 7.34. The Bertz CT molecular complexity index is 4400. The Morgan fingerprint density at radius 1 is 0.352 bits per heavy atom. The van der Waals surface area contributed by atoms with Crippen LogP contribution in [0.15, 0.2) is 237 Å². The molecule has 2 aliphatic heterocycles. The lowest BCUT2D eigenvalue weighted by atomic mass is 9.34. The molecule has 0 amide bonds. The fourth-order valence-corrected chi connectivity index (χ4v) is 14.0. The Kier molecular flexibility index (Phi) is 7.22. The zero-order valence-electron chi connectivity index (χ0n) is 38.4. The molecule has 2 aliphatic carbocycles. The van der Waals surface area contributed by atoms with Gasteiger partial charge in [-0.05, 0) is 102 Å². The summed E-state index contributed by atoms with van der Waals surface area (Å²) in [4.78, 5) is 0. The van der Waals surface area contributed by atoms with Crippen LogP contribution in [0.3, 0.4) is 0 Å². The first kappa shape index (κ1) is 37.8. The summed E-state index contributed by atoms with van der Waals surface area (Å²) in [6.07, 6.45) is 0. The highest BCUT2D eigenvalue weighted by Gasteiger charge is 2.53. The van der Waals surface area contributed by atoms with E-state index in [1.165, 1.54) is 138 Å². The van der Waals surface area contributed by atoms with E-state index in [0.29, 0.717) is 0 Å². The molecule has 2 aromatic heterocycles. The Hall–Kier alpha value is -9.12. The van der Waals surface area contributed by atoms with E-state index in [4.69, 9.17) is 4.74 Å². The van der Waals surface area contributed by atoms with Gasteiger partial charge < -0.3 is 13.9 Å². The minimum Gasteiger partial charge on any atom is -0.458 e. The monoisotopic (exact) mass is 898 g/mol. The number of hydrogen-bond acceptors (Lipinski definition) is 1. The van der Waals surface area contributed by atoms with Gasteiger partial charge in [-0.15, -0.1) is 0 Å². The molecule has 0 fully saturated rings. The third kappa shape index (κ3) is 4.61. The highest BCUT2D eigenvalue weighted by Crippen LogP contribution is 2.63. The first-order chi connectivity index (χ1) is 35.3. The van der Waals surface area contributed by atoms with Crippen molar-refractivity contribution in [3.05, 3.63) is 259 Å². The maximum Gasteiger partial charge on any atom is 0.256 e. The molecule has 326 valence electrons. The number of nitrogens with zero attached hydrogens (tertiary/aromatic N) is 2. The van der Waals surface area contributed by atoms with Crippen molar-refractivity contribution in [2.45, 2.75) is 5.41 Å². The largest absolute Gasteiger partial charge is 0.458 e. The third-order valence-corrected chi connectivity index (χ3v) is 16.6. The average molecular weight is 899 g/mol. The molecule has 4 heteroatoms. The summed E-state index contributed by atoms with van der Waals surface area (Å²) in [6, 6.07) is 88.2. The minimum absolute atomic E-state index is 0.0931. The van der Waals surface area contributed by atoms with E-state index in [0.717, 1.165) is 11.5 Å². The number of fused-ring (bicyclic) bond motifs is 21. The SMILES string of the molecule is c1ccc(-c2cccc(-c3ccccc3)c2-n2c3ccccc3c3cc4c5c(c6ccccc6n5-c5cccc6c5B4c4cc5c(cc4O6)C4(c6ccccc6-c6ccccc64)c4ccccc4-5)c32)cc1. The van der Waals surface area contributed by atoms with Crippen molar-refractivity contribution in [2.24, 2.45) is 0 Å². The quantitative estimate of drug-likeness (QED) is 0.162. The number of aromatic nitrogens is 2. The second-order valence-corrected chi connectivity index (χ2v) is 19.8. The van der Waals surface area contributed by atoms with E-state index in [-0.39, 0.29) is 6.71 Å². The Balaban J connectivity index is 1.01. The molecule has 13 aromatic rings. The van der Waals surface area contributed by atoms with E-state index in [2.05, 4.69) is 246 Å². The van der Waals surface area contributed by atoms with Gasteiger partial charge in [0, 0.05) is 38.4 Å². The Labute approximate surface area is 410 Å². The van der Waals surface area contributed by atoms with Crippen molar-refractivity contribution in [1.82, 2.24) is 9.13 Å². The van der Waals surface area contributed by atoms with Crippen molar-refractivity contribution < 1.29 is 4.74 Å². The normalized spacial score (nSPS) is 13.8. The lowest BCUT2D eigenvalue weighted by Crippen LogP contribution is -2.58. The molecular weight excluding hydrogens is 860 g/mol. The molecule has 11 aromatic carbocycles. The van der Waals surface area contributed by atoms with Crippen LogP contribution in [-0.2, 0) is 5.41 Å². The van der Waals surface area contributed by atoms with Gasteiger partial charge in [-0.1, -0.05) is 206 Å². The molecule has 0 saturated heterocycles. The van der Waals surface area contributed by atoms with E-state index >= 15 is 0 Å². The first-order valence-electron chi connectivity index (χ1n) is 24.8. The average Bonchev–Trinajstić information content (AvgIpc) is 4.17. The van der Waals surface area contributed by atoms with Crippen LogP contribution in [-0.4, -0.2) is 15.8 Å². The van der Waals surface area contributed by atoms with Crippen LogP contribution in [0.1, 0.15) is 22.3 Å². The third-order valence-electron chi connectivity index (χ3n) is 16.6. The zero-order valence-corrected chi connectivity index (χ0v) is 38.4. The molecule has 17 rings (SSSR count). The van der Waals surface area contributed by atoms with Gasteiger partial charge in [-0.2, -0.15) is 0 Å². The lowest BCUT2D eigenvalue weighted by Gasteiger charge is -2.35. The fraction of sp³-hybridized carbons (Fsp3) is 0.0149.